The second-order valence-electron chi connectivity index (χ2n) is 8.90. The van der Waals surface area contributed by atoms with Gasteiger partial charge in [-0.2, -0.15) is 13.2 Å². The van der Waals surface area contributed by atoms with Gasteiger partial charge in [0.05, 0.1) is 16.3 Å². The van der Waals surface area contributed by atoms with Gasteiger partial charge < -0.3 is 15.1 Å². The van der Waals surface area contributed by atoms with Crippen LogP contribution in [0.4, 0.5) is 24.5 Å². The molecule has 2 aromatic carbocycles. The lowest BCUT2D eigenvalue weighted by Gasteiger charge is -2.34. The van der Waals surface area contributed by atoms with Crippen LogP contribution in [0, 0.1) is 0 Å². The van der Waals surface area contributed by atoms with Crippen molar-refractivity contribution in [3.8, 4) is 0 Å². The summed E-state index contributed by atoms with van der Waals surface area (Å²) < 4.78 is 38.6. The molecular formula is C25H27ClF3N3O2. The largest absolute Gasteiger partial charge is 0.416 e. The summed E-state index contributed by atoms with van der Waals surface area (Å²) in [6.45, 7) is 3.23. The summed E-state index contributed by atoms with van der Waals surface area (Å²) in [5.41, 5.74) is 2.49. The minimum Gasteiger partial charge on any atom is -0.366 e. The maximum absolute atomic E-state index is 12.9. The van der Waals surface area contributed by atoms with E-state index in [9.17, 15) is 22.8 Å². The molecule has 2 aliphatic rings. The van der Waals surface area contributed by atoms with Gasteiger partial charge in [0.1, 0.15) is 6.04 Å². The highest BCUT2D eigenvalue weighted by Crippen LogP contribution is 2.38. The Hall–Kier alpha value is -2.74. The smallest absolute Gasteiger partial charge is 0.366 e. The van der Waals surface area contributed by atoms with Crippen molar-refractivity contribution in [2.75, 3.05) is 23.3 Å². The van der Waals surface area contributed by atoms with E-state index in [1.54, 1.807) is 11.0 Å². The summed E-state index contributed by atoms with van der Waals surface area (Å²) in [5, 5.41) is 3.41. The van der Waals surface area contributed by atoms with E-state index in [0.717, 1.165) is 61.2 Å². The molecule has 0 saturated carbocycles. The molecule has 2 aliphatic heterocycles. The molecule has 2 heterocycles. The molecule has 0 aliphatic carbocycles. The second-order valence-corrected chi connectivity index (χ2v) is 9.31. The van der Waals surface area contributed by atoms with Gasteiger partial charge in [-0.25, -0.2) is 0 Å². The fraction of sp³-hybridized carbons (Fsp3) is 0.440. The van der Waals surface area contributed by atoms with Crippen LogP contribution in [0.15, 0.2) is 36.4 Å². The van der Waals surface area contributed by atoms with Gasteiger partial charge in [-0.05, 0) is 67.5 Å². The Balaban J connectivity index is 1.51. The number of rotatable bonds is 4. The predicted octanol–water partition coefficient (Wildman–Crippen LogP) is 5.65. The summed E-state index contributed by atoms with van der Waals surface area (Å²) in [7, 11) is 0. The van der Waals surface area contributed by atoms with Gasteiger partial charge in [0.25, 0.3) is 0 Å². The Morgan fingerprint density at radius 3 is 2.50 bits per heavy atom. The molecule has 1 unspecified atom stereocenters. The molecule has 0 spiro atoms. The van der Waals surface area contributed by atoms with Crippen molar-refractivity contribution in [3.05, 3.63) is 58.1 Å². The van der Waals surface area contributed by atoms with Crippen molar-refractivity contribution < 1.29 is 22.8 Å². The van der Waals surface area contributed by atoms with E-state index >= 15 is 0 Å². The van der Waals surface area contributed by atoms with Crippen LogP contribution < -0.4 is 10.2 Å². The van der Waals surface area contributed by atoms with E-state index in [2.05, 4.69) is 10.2 Å². The molecule has 34 heavy (non-hydrogen) atoms. The Morgan fingerprint density at radius 2 is 1.82 bits per heavy atom. The van der Waals surface area contributed by atoms with Crippen LogP contribution in [0.25, 0.3) is 0 Å². The van der Waals surface area contributed by atoms with E-state index in [4.69, 9.17) is 11.6 Å². The maximum Gasteiger partial charge on any atom is 0.416 e. The number of alkyl halides is 3. The van der Waals surface area contributed by atoms with Crippen LogP contribution >= 0.6 is 11.6 Å². The van der Waals surface area contributed by atoms with Gasteiger partial charge in [0, 0.05) is 32.2 Å². The van der Waals surface area contributed by atoms with Gasteiger partial charge >= 0.3 is 6.18 Å². The van der Waals surface area contributed by atoms with Gasteiger partial charge in [-0.1, -0.05) is 23.7 Å². The lowest BCUT2D eigenvalue weighted by molar-refractivity contribution is -0.138. The summed E-state index contributed by atoms with van der Waals surface area (Å²) in [4.78, 5) is 28.5. The van der Waals surface area contributed by atoms with Gasteiger partial charge in [0.15, 0.2) is 0 Å². The molecule has 0 aromatic heterocycles. The molecule has 1 N–H and O–H groups in total. The number of nitrogens with one attached hydrogen (secondary N) is 1. The number of hydrogen-bond acceptors (Lipinski definition) is 3. The number of benzene rings is 2. The summed E-state index contributed by atoms with van der Waals surface area (Å²) in [6.07, 6.45) is -0.299. The number of piperidine rings is 1. The molecule has 182 valence electrons. The fourth-order valence-corrected chi connectivity index (χ4v) is 5.19. The molecule has 9 heteroatoms. The predicted molar refractivity (Wildman–Crippen MR) is 126 cm³/mol. The van der Waals surface area contributed by atoms with Crippen molar-refractivity contribution >= 4 is 34.8 Å². The number of nitrogens with zero attached hydrogens (tertiary/aromatic N) is 2. The molecule has 2 amide bonds. The van der Waals surface area contributed by atoms with E-state index in [0.29, 0.717) is 30.2 Å². The van der Waals surface area contributed by atoms with Gasteiger partial charge in [-0.3, -0.25) is 9.59 Å². The quantitative estimate of drug-likeness (QED) is 0.598. The van der Waals surface area contributed by atoms with Crippen LogP contribution in [-0.4, -0.2) is 35.8 Å². The average Bonchev–Trinajstić information content (AvgIpc) is 2.78. The first-order chi connectivity index (χ1) is 16.1. The highest BCUT2D eigenvalue weighted by atomic mass is 35.5. The average molecular weight is 494 g/mol. The van der Waals surface area contributed by atoms with E-state index in [1.807, 2.05) is 6.07 Å². The topological polar surface area (TPSA) is 52.7 Å². The number of carbonyl (C=O) groups excluding carboxylic acids is 2. The zero-order valence-corrected chi connectivity index (χ0v) is 19.7. The molecule has 1 fully saturated rings. The third kappa shape index (κ3) is 5.32. The van der Waals surface area contributed by atoms with Gasteiger partial charge in [-0.15, -0.1) is 0 Å². The molecule has 5 nitrogen and oxygen atoms in total. The SMILES string of the molecule is CC(=O)N1CCCCC1C(=O)Nc1cc(Cl)c2c(c1)CCCN2Cc1ccc(C(F)(F)F)cc1. The van der Waals surface area contributed by atoms with Crippen molar-refractivity contribution in [3.63, 3.8) is 0 Å². The number of fused-ring (bicyclic) bond motifs is 1. The minimum absolute atomic E-state index is 0.109. The number of carbonyl (C=O) groups is 2. The van der Waals surface area contributed by atoms with Crippen LogP contribution in [0.2, 0.25) is 5.02 Å². The highest BCUT2D eigenvalue weighted by Gasteiger charge is 2.32. The first-order valence-electron chi connectivity index (χ1n) is 11.4. The number of halogens is 4. The van der Waals surface area contributed by atoms with Crippen molar-refractivity contribution in [1.29, 1.82) is 0 Å². The molecule has 2 aromatic rings. The van der Waals surface area contributed by atoms with E-state index in [-0.39, 0.29) is 11.8 Å². The monoisotopic (exact) mass is 493 g/mol. The first-order valence-corrected chi connectivity index (χ1v) is 11.8. The third-order valence-electron chi connectivity index (χ3n) is 6.46. The molecule has 0 radical (unpaired) electrons. The summed E-state index contributed by atoms with van der Waals surface area (Å²) in [6, 6.07) is 8.28. The Bertz CT molecular complexity index is 1070. The van der Waals surface area contributed by atoms with Crippen molar-refractivity contribution in [2.24, 2.45) is 0 Å². The second kappa shape index (κ2) is 9.86. The molecular weight excluding hydrogens is 467 g/mol. The van der Waals surface area contributed by atoms with Crippen LogP contribution in [0.3, 0.4) is 0 Å². The van der Waals surface area contributed by atoms with Crippen LogP contribution in [0.1, 0.15) is 49.3 Å². The van der Waals surface area contributed by atoms with Crippen molar-refractivity contribution in [2.45, 2.75) is 57.8 Å². The molecule has 1 atom stereocenters. The summed E-state index contributed by atoms with van der Waals surface area (Å²) in [5.74, 6) is -0.328. The molecule has 1 saturated heterocycles. The fourth-order valence-electron chi connectivity index (χ4n) is 4.83. The number of hydrogen-bond donors (Lipinski definition) is 1. The van der Waals surface area contributed by atoms with Gasteiger partial charge in [0.2, 0.25) is 11.8 Å². The third-order valence-corrected chi connectivity index (χ3v) is 6.75. The molecule has 4 rings (SSSR count). The van der Waals surface area contributed by atoms with E-state index < -0.39 is 17.8 Å². The Kier molecular flexibility index (Phi) is 7.07. The number of likely N-dealkylation sites (tertiary alicyclic amines) is 1. The molecule has 0 bridgehead atoms. The number of aryl methyl sites for hydroxylation is 1. The lowest BCUT2D eigenvalue weighted by atomic mass is 9.99. The Morgan fingerprint density at radius 1 is 1.09 bits per heavy atom. The van der Waals surface area contributed by atoms with Crippen molar-refractivity contribution in [1.82, 2.24) is 4.90 Å². The number of amides is 2. The highest BCUT2D eigenvalue weighted by molar-refractivity contribution is 6.34. The minimum atomic E-state index is -4.36. The zero-order chi connectivity index (χ0) is 24.5. The standard InChI is InChI=1S/C25H27ClF3N3O2/c1-16(33)32-12-3-2-6-22(32)24(34)30-20-13-18-5-4-11-31(23(18)21(26)14-20)15-17-7-9-19(10-8-17)25(27,28)29/h7-10,13-14,22H,2-6,11-12,15H2,1H3,(H,30,34). The zero-order valence-electron chi connectivity index (χ0n) is 18.9. The van der Waals surface area contributed by atoms with E-state index in [1.165, 1.54) is 19.1 Å². The number of anilines is 2. The lowest BCUT2D eigenvalue weighted by Crippen LogP contribution is -2.49. The first kappa shape index (κ1) is 24.4. The maximum atomic E-state index is 12.9. The normalized spacial score (nSPS) is 18.4. The van der Waals surface area contributed by atoms with Crippen LogP contribution in [0.5, 0.6) is 0 Å². The Labute approximate surface area is 201 Å². The summed E-state index contributed by atoms with van der Waals surface area (Å²) >= 11 is 6.64. The van der Waals surface area contributed by atoms with Crippen LogP contribution in [-0.2, 0) is 28.7 Å².